The number of halogens is 1. The zero-order valence-electron chi connectivity index (χ0n) is 13.8. The third kappa shape index (κ3) is 4.03. The Morgan fingerprint density at radius 1 is 1.20 bits per heavy atom. The zero-order valence-corrected chi connectivity index (χ0v) is 13.8. The normalized spacial score (nSPS) is 10.5. The van der Waals surface area contributed by atoms with Gasteiger partial charge in [-0.3, -0.25) is 4.79 Å². The standard InChI is InChI=1S/C19H18FN3O2/c1-25-16-5-2-14(3-6-16)15-4-7-17(18(20)12-15)19(24)22-9-11-23-10-8-21-13-23/h2-8,10,12-13H,9,11H2,1H3,(H,22,24). The summed E-state index contributed by atoms with van der Waals surface area (Å²) in [5.74, 6) is -0.245. The molecule has 1 aromatic heterocycles. The van der Waals surface area contributed by atoms with Gasteiger partial charge < -0.3 is 14.6 Å². The van der Waals surface area contributed by atoms with E-state index in [0.717, 1.165) is 11.3 Å². The van der Waals surface area contributed by atoms with Crippen LogP contribution < -0.4 is 10.1 Å². The summed E-state index contributed by atoms with van der Waals surface area (Å²) in [4.78, 5) is 16.1. The first kappa shape index (κ1) is 16.7. The minimum absolute atomic E-state index is 0.0305. The highest BCUT2D eigenvalue weighted by molar-refractivity contribution is 5.95. The van der Waals surface area contributed by atoms with Gasteiger partial charge in [-0.05, 0) is 35.4 Å². The molecule has 0 aliphatic rings. The summed E-state index contributed by atoms with van der Waals surface area (Å²) in [6, 6.07) is 11.9. The molecule has 0 unspecified atom stereocenters. The maximum Gasteiger partial charge on any atom is 0.254 e. The molecule has 0 spiro atoms. The minimum Gasteiger partial charge on any atom is -0.497 e. The van der Waals surface area contributed by atoms with Gasteiger partial charge in [0.1, 0.15) is 11.6 Å². The first-order valence-corrected chi connectivity index (χ1v) is 7.85. The van der Waals surface area contributed by atoms with Crippen LogP contribution in [0.5, 0.6) is 5.75 Å². The predicted octanol–water partition coefficient (Wildman–Crippen LogP) is 3.13. The maximum absolute atomic E-state index is 14.3. The Bertz CT molecular complexity index is 846. The van der Waals surface area contributed by atoms with Gasteiger partial charge in [0.15, 0.2) is 0 Å². The Hall–Kier alpha value is -3.15. The van der Waals surface area contributed by atoms with Crippen LogP contribution in [0.1, 0.15) is 10.4 Å². The average Bonchev–Trinajstić information content (AvgIpc) is 3.15. The van der Waals surface area contributed by atoms with E-state index in [1.807, 2.05) is 28.8 Å². The summed E-state index contributed by atoms with van der Waals surface area (Å²) in [6.07, 6.45) is 5.13. The van der Waals surface area contributed by atoms with E-state index in [0.29, 0.717) is 18.7 Å². The van der Waals surface area contributed by atoms with Crippen molar-refractivity contribution in [1.29, 1.82) is 0 Å². The predicted molar refractivity (Wildman–Crippen MR) is 92.9 cm³/mol. The number of nitrogens with one attached hydrogen (secondary N) is 1. The molecule has 3 rings (SSSR count). The number of rotatable bonds is 6. The van der Waals surface area contributed by atoms with Crippen LogP contribution in [-0.2, 0) is 6.54 Å². The van der Waals surface area contributed by atoms with Crippen molar-refractivity contribution in [2.45, 2.75) is 6.54 Å². The van der Waals surface area contributed by atoms with Crippen LogP contribution in [0.25, 0.3) is 11.1 Å². The number of ether oxygens (including phenoxy) is 1. The highest BCUT2D eigenvalue weighted by Gasteiger charge is 2.12. The van der Waals surface area contributed by atoms with Crippen molar-refractivity contribution >= 4 is 5.91 Å². The summed E-state index contributed by atoms with van der Waals surface area (Å²) in [7, 11) is 1.59. The average molecular weight is 339 g/mol. The number of hydrogen-bond donors (Lipinski definition) is 1. The highest BCUT2D eigenvalue weighted by atomic mass is 19.1. The second-order valence-electron chi connectivity index (χ2n) is 5.48. The van der Waals surface area contributed by atoms with Gasteiger partial charge in [-0.25, -0.2) is 9.37 Å². The number of carbonyl (C=O) groups excluding carboxylic acids is 1. The van der Waals surface area contributed by atoms with E-state index in [-0.39, 0.29) is 5.56 Å². The van der Waals surface area contributed by atoms with Crippen LogP contribution >= 0.6 is 0 Å². The van der Waals surface area contributed by atoms with Gasteiger partial charge in [0.05, 0.1) is 19.0 Å². The van der Waals surface area contributed by atoms with Crippen molar-refractivity contribution in [3.05, 3.63) is 72.6 Å². The third-order valence-corrected chi connectivity index (χ3v) is 3.85. The molecule has 0 fully saturated rings. The lowest BCUT2D eigenvalue weighted by Gasteiger charge is -2.09. The van der Waals surface area contributed by atoms with Crippen molar-refractivity contribution in [2.24, 2.45) is 0 Å². The Balaban J connectivity index is 1.67. The molecule has 6 heteroatoms. The van der Waals surface area contributed by atoms with Gasteiger partial charge in [-0.1, -0.05) is 18.2 Å². The van der Waals surface area contributed by atoms with Gasteiger partial charge in [0, 0.05) is 25.5 Å². The number of nitrogens with zero attached hydrogens (tertiary/aromatic N) is 2. The number of benzene rings is 2. The van der Waals surface area contributed by atoms with E-state index in [9.17, 15) is 9.18 Å². The van der Waals surface area contributed by atoms with E-state index in [4.69, 9.17) is 4.74 Å². The number of amides is 1. The lowest BCUT2D eigenvalue weighted by molar-refractivity contribution is 0.0948. The molecule has 3 aromatic rings. The van der Waals surface area contributed by atoms with Crippen molar-refractivity contribution < 1.29 is 13.9 Å². The van der Waals surface area contributed by atoms with Crippen LogP contribution in [-0.4, -0.2) is 29.1 Å². The lowest BCUT2D eigenvalue weighted by Crippen LogP contribution is -2.27. The van der Waals surface area contributed by atoms with Crippen molar-refractivity contribution in [2.75, 3.05) is 13.7 Å². The van der Waals surface area contributed by atoms with E-state index < -0.39 is 11.7 Å². The largest absolute Gasteiger partial charge is 0.497 e. The maximum atomic E-state index is 14.3. The number of carbonyl (C=O) groups is 1. The molecule has 1 amide bonds. The Morgan fingerprint density at radius 3 is 2.60 bits per heavy atom. The quantitative estimate of drug-likeness (QED) is 0.751. The molecule has 0 saturated carbocycles. The smallest absolute Gasteiger partial charge is 0.254 e. The topological polar surface area (TPSA) is 56.1 Å². The van der Waals surface area contributed by atoms with Crippen LogP contribution in [0.4, 0.5) is 4.39 Å². The van der Waals surface area contributed by atoms with E-state index in [1.165, 1.54) is 12.1 Å². The SMILES string of the molecule is COc1ccc(-c2ccc(C(=O)NCCn3ccnc3)c(F)c2)cc1. The summed E-state index contributed by atoms with van der Waals surface area (Å²) >= 11 is 0. The number of imidazole rings is 1. The monoisotopic (exact) mass is 339 g/mol. The number of methoxy groups -OCH3 is 1. The van der Waals surface area contributed by atoms with Crippen LogP contribution in [0.2, 0.25) is 0 Å². The highest BCUT2D eigenvalue weighted by Crippen LogP contribution is 2.24. The molecule has 0 aliphatic heterocycles. The van der Waals surface area contributed by atoms with E-state index in [1.54, 1.807) is 31.9 Å². The molecule has 0 atom stereocenters. The molecule has 1 N–H and O–H groups in total. The second kappa shape index (κ2) is 7.61. The molecule has 25 heavy (non-hydrogen) atoms. The summed E-state index contributed by atoms with van der Waals surface area (Å²) in [6.45, 7) is 0.978. The van der Waals surface area contributed by atoms with Gasteiger partial charge in [-0.15, -0.1) is 0 Å². The molecule has 1 heterocycles. The van der Waals surface area contributed by atoms with Gasteiger partial charge in [0.25, 0.3) is 5.91 Å². The Labute approximate surface area is 145 Å². The summed E-state index contributed by atoms with van der Waals surface area (Å²) < 4.78 is 21.3. The molecule has 0 aliphatic carbocycles. The Kier molecular flexibility index (Phi) is 5.09. The van der Waals surface area contributed by atoms with E-state index in [2.05, 4.69) is 10.3 Å². The van der Waals surface area contributed by atoms with E-state index >= 15 is 0 Å². The van der Waals surface area contributed by atoms with Gasteiger partial charge >= 0.3 is 0 Å². The molecule has 5 nitrogen and oxygen atoms in total. The lowest BCUT2D eigenvalue weighted by atomic mass is 10.0. The fourth-order valence-corrected chi connectivity index (χ4v) is 2.48. The minimum atomic E-state index is -0.548. The van der Waals surface area contributed by atoms with Crippen molar-refractivity contribution in [1.82, 2.24) is 14.9 Å². The Morgan fingerprint density at radius 2 is 1.96 bits per heavy atom. The second-order valence-corrected chi connectivity index (χ2v) is 5.48. The fourth-order valence-electron chi connectivity index (χ4n) is 2.48. The third-order valence-electron chi connectivity index (χ3n) is 3.85. The summed E-state index contributed by atoms with van der Waals surface area (Å²) in [5.41, 5.74) is 1.59. The number of aromatic nitrogens is 2. The van der Waals surface area contributed by atoms with Crippen molar-refractivity contribution in [3.63, 3.8) is 0 Å². The molecule has 2 aromatic carbocycles. The first-order valence-electron chi connectivity index (χ1n) is 7.85. The molecule has 0 bridgehead atoms. The molecular weight excluding hydrogens is 321 g/mol. The van der Waals surface area contributed by atoms with Crippen LogP contribution in [0.3, 0.4) is 0 Å². The molecule has 128 valence electrons. The molecule has 0 radical (unpaired) electrons. The van der Waals surface area contributed by atoms with Gasteiger partial charge in [-0.2, -0.15) is 0 Å². The number of hydrogen-bond acceptors (Lipinski definition) is 3. The van der Waals surface area contributed by atoms with Crippen molar-refractivity contribution in [3.8, 4) is 16.9 Å². The summed E-state index contributed by atoms with van der Waals surface area (Å²) in [5, 5.41) is 2.71. The van der Waals surface area contributed by atoms with Crippen LogP contribution in [0.15, 0.2) is 61.2 Å². The zero-order chi connectivity index (χ0) is 17.6. The molecule has 0 saturated heterocycles. The van der Waals surface area contributed by atoms with Gasteiger partial charge in [0.2, 0.25) is 0 Å². The van der Waals surface area contributed by atoms with Crippen LogP contribution in [0, 0.1) is 5.82 Å². The first-order chi connectivity index (χ1) is 12.2. The fraction of sp³-hybridized carbons (Fsp3) is 0.158. The molecular formula is C19H18FN3O2.